The van der Waals surface area contributed by atoms with E-state index in [1.54, 1.807) is 13.2 Å². The monoisotopic (exact) mass is 260 g/mol. The molecule has 19 heavy (non-hydrogen) atoms. The molecule has 4 nitrogen and oxygen atoms in total. The van der Waals surface area contributed by atoms with Gasteiger partial charge in [-0.2, -0.15) is 5.26 Å². The Hall–Kier alpha value is -1.73. The standard InChI is InChI=1S/C15H20N2O2/c1-18-14-8-2-5-12(11-16)15(14)17-9-3-6-13-7-4-10-19-13/h2,5,8,13,17H,3-4,6-7,9-10H2,1H3. The summed E-state index contributed by atoms with van der Waals surface area (Å²) in [5, 5.41) is 12.4. The van der Waals surface area contributed by atoms with Crippen LogP contribution in [-0.2, 0) is 4.74 Å². The summed E-state index contributed by atoms with van der Waals surface area (Å²) in [6.07, 6.45) is 4.90. The van der Waals surface area contributed by atoms with E-state index in [-0.39, 0.29) is 0 Å². The molecule has 1 aliphatic rings. The van der Waals surface area contributed by atoms with Crippen molar-refractivity contribution in [2.45, 2.75) is 31.8 Å². The molecule has 0 aromatic heterocycles. The molecule has 1 atom stereocenters. The molecule has 1 aliphatic heterocycles. The maximum atomic E-state index is 9.10. The van der Waals surface area contributed by atoms with Crippen molar-refractivity contribution in [2.75, 3.05) is 25.6 Å². The Morgan fingerprint density at radius 2 is 2.42 bits per heavy atom. The number of hydrogen-bond acceptors (Lipinski definition) is 4. The maximum Gasteiger partial charge on any atom is 0.143 e. The van der Waals surface area contributed by atoms with E-state index < -0.39 is 0 Å². The number of nitrogens with zero attached hydrogens (tertiary/aromatic N) is 1. The minimum atomic E-state index is 0.426. The normalized spacial score (nSPS) is 18.0. The predicted octanol–water partition coefficient (Wildman–Crippen LogP) is 2.94. The lowest BCUT2D eigenvalue weighted by molar-refractivity contribution is 0.103. The molecule has 0 spiro atoms. The number of nitriles is 1. The minimum Gasteiger partial charge on any atom is -0.495 e. The van der Waals surface area contributed by atoms with E-state index in [9.17, 15) is 0 Å². The van der Waals surface area contributed by atoms with Crippen molar-refractivity contribution in [3.63, 3.8) is 0 Å². The molecule has 1 aromatic rings. The fourth-order valence-corrected chi connectivity index (χ4v) is 2.39. The molecule has 1 unspecified atom stereocenters. The van der Waals surface area contributed by atoms with E-state index in [1.807, 2.05) is 12.1 Å². The van der Waals surface area contributed by atoms with Crippen LogP contribution in [0.5, 0.6) is 5.75 Å². The fourth-order valence-electron chi connectivity index (χ4n) is 2.39. The third-order valence-electron chi connectivity index (χ3n) is 3.40. The number of benzene rings is 1. The van der Waals surface area contributed by atoms with Gasteiger partial charge in [0, 0.05) is 13.2 Å². The second-order valence-corrected chi connectivity index (χ2v) is 4.70. The minimum absolute atomic E-state index is 0.426. The smallest absolute Gasteiger partial charge is 0.143 e. The van der Waals surface area contributed by atoms with E-state index in [2.05, 4.69) is 11.4 Å². The Morgan fingerprint density at radius 1 is 1.53 bits per heavy atom. The summed E-state index contributed by atoms with van der Waals surface area (Å²) in [6.45, 7) is 1.73. The molecule has 1 N–H and O–H groups in total. The maximum absolute atomic E-state index is 9.10. The second-order valence-electron chi connectivity index (χ2n) is 4.70. The van der Waals surface area contributed by atoms with Crippen LogP contribution in [0.15, 0.2) is 18.2 Å². The highest BCUT2D eigenvalue weighted by Crippen LogP contribution is 2.28. The first kappa shape index (κ1) is 13.7. The fraction of sp³-hybridized carbons (Fsp3) is 0.533. The van der Waals surface area contributed by atoms with Crippen LogP contribution in [0.3, 0.4) is 0 Å². The van der Waals surface area contributed by atoms with Crippen molar-refractivity contribution in [1.29, 1.82) is 5.26 Å². The lowest BCUT2D eigenvalue weighted by Crippen LogP contribution is -2.10. The van der Waals surface area contributed by atoms with Gasteiger partial charge in [-0.15, -0.1) is 0 Å². The molecule has 0 radical (unpaired) electrons. The lowest BCUT2D eigenvalue weighted by Gasteiger charge is -2.13. The number of nitrogens with one attached hydrogen (secondary N) is 1. The van der Waals surface area contributed by atoms with Gasteiger partial charge in [0.2, 0.25) is 0 Å². The summed E-state index contributed by atoms with van der Waals surface area (Å²) < 4.78 is 10.9. The van der Waals surface area contributed by atoms with Gasteiger partial charge in [-0.1, -0.05) is 6.07 Å². The molecule has 1 saturated heterocycles. The SMILES string of the molecule is COc1cccc(C#N)c1NCCCC1CCCO1. The van der Waals surface area contributed by atoms with E-state index >= 15 is 0 Å². The van der Waals surface area contributed by atoms with Crippen LogP contribution in [0.1, 0.15) is 31.2 Å². The van der Waals surface area contributed by atoms with Crippen LogP contribution in [-0.4, -0.2) is 26.4 Å². The van der Waals surface area contributed by atoms with Gasteiger partial charge in [0.05, 0.1) is 24.5 Å². The van der Waals surface area contributed by atoms with Crippen LogP contribution in [0.2, 0.25) is 0 Å². The summed E-state index contributed by atoms with van der Waals surface area (Å²) in [6, 6.07) is 7.67. The molecule has 1 fully saturated rings. The van der Waals surface area contributed by atoms with Crippen molar-refractivity contribution in [3.05, 3.63) is 23.8 Å². The average molecular weight is 260 g/mol. The molecule has 4 heteroatoms. The summed E-state index contributed by atoms with van der Waals surface area (Å²) in [5.41, 5.74) is 1.41. The van der Waals surface area contributed by atoms with Gasteiger partial charge in [0.1, 0.15) is 11.8 Å². The molecular formula is C15H20N2O2. The molecule has 0 amide bonds. The quantitative estimate of drug-likeness (QED) is 0.799. The van der Waals surface area contributed by atoms with E-state index in [0.717, 1.165) is 37.4 Å². The van der Waals surface area contributed by atoms with Crippen LogP contribution in [0.4, 0.5) is 5.69 Å². The summed E-state index contributed by atoms with van der Waals surface area (Å²) in [4.78, 5) is 0. The van der Waals surface area contributed by atoms with Gasteiger partial charge in [0.25, 0.3) is 0 Å². The van der Waals surface area contributed by atoms with Crippen molar-refractivity contribution in [3.8, 4) is 11.8 Å². The van der Waals surface area contributed by atoms with Gasteiger partial charge >= 0.3 is 0 Å². The first-order valence-electron chi connectivity index (χ1n) is 6.77. The van der Waals surface area contributed by atoms with Gasteiger partial charge in [-0.25, -0.2) is 0 Å². The summed E-state index contributed by atoms with van der Waals surface area (Å²) >= 11 is 0. The molecule has 102 valence electrons. The number of hydrogen-bond donors (Lipinski definition) is 1. The second kappa shape index (κ2) is 7.01. The van der Waals surface area contributed by atoms with Gasteiger partial charge < -0.3 is 14.8 Å². The molecule has 0 aliphatic carbocycles. The Kier molecular flexibility index (Phi) is 5.05. The zero-order valence-corrected chi connectivity index (χ0v) is 11.3. The third-order valence-corrected chi connectivity index (χ3v) is 3.40. The summed E-state index contributed by atoms with van der Waals surface area (Å²) in [5.74, 6) is 0.719. The highest BCUT2D eigenvalue weighted by molar-refractivity contribution is 5.66. The number of para-hydroxylation sites is 1. The van der Waals surface area contributed by atoms with E-state index in [0.29, 0.717) is 11.7 Å². The Bertz CT molecular complexity index is 448. The number of rotatable bonds is 6. The van der Waals surface area contributed by atoms with Crippen LogP contribution in [0, 0.1) is 11.3 Å². The van der Waals surface area contributed by atoms with Crippen molar-refractivity contribution in [1.82, 2.24) is 0 Å². The molecular weight excluding hydrogens is 240 g/mol. The van der Waals surface area contributed by atoms with Crippen molar-refractivity contribution in [2.24, 2.45) is 0 Å². The molecule has 2 rings (SSSR count). The Balaban J connectivity index is 1.86. The van der Waals surface area contributed by atoms with Gasteiger partial charge in [-0.3, -0.25) is 0 Å². The number of anilines is 1. The first-order valence-corrected chi connectivity index (χ1v) is 6.77. The van der Waals surface area contributed by atoms with Gasteiger partial charge in [-0.05, 0) is 37.8 Å². The zero-order chi connectivity index (χ0) is 13.5. The lowest BCUT2D eigenvalue weighted by atomic mass is 10.1. The van der Waals surface area contributed by atoms with Crippen LogP contribution in [0.25, 0.3) is 0 Å². The largest absolute Gasteiger partial charge is 0.495 e. The van der Waals surface area contributed by atoms with Crippen molar-refractivity contribution < 1.29 is 9.47 Å². The number of methoxy groups -OCH3 is 1. The molecule has 0 bridgehead atoms. The van der Waals surface area contributed by atoms with Gasteiger partial charge in [0.15, 0.2) is 0 Å². The topological polar surface area (TPSA) is 54.3 Å². The molecule has 1 heterocycles. The van der Waals surface area contributed by atoms with E-state index in [1.165, 1.54) is 12.8 Å². The Morgan fingerprint density at radius 3 is 3.11 bits per heavy atom. The molecule has 0 saturated carbocycles. The van der Waals surface area contributed by atoms with Crippen LogP contribution < -0.4 is 10.1 Å². The molecule has 1 aromatic carbocycles. The average Bonchev–Trinajstić information content (AvgIpc) is 2.96. The third kappa shape index (κ3) is 3.62. The zero-order valence-electron chi connectivity index (χ0n) is 11.3. The highest BCUT2D eigenvalue weighted by atomic mass is 16.5. The predicted molar refractivity (Wildman–Crippen MR) is 74.4 cm³/mol. The summed E-state index contributed by atoms with van der Waals surface area (Å²) in [7, 11) is 1.62. The Labute approximate surface area is 114 Å². The van der Waals surface area contributed by atoms with Crippen molar-refractivity contribution >= 4 is 5.69 Å². The highest BCUT2D eigenvalue weighted by Gasteiger charge is 2.15. The number of ether oxygens (including phenoxy) is 2. The first-order chi connectivity index (χ1) is 9.35. The van der Waals surface area contributed by atoms with E-state index in [4.69, 9.17) is 14.7 Å². The van der Waals surface area contributed by atoms with Crippen LogP contribution >= 0.6 is 0 Å².